The molecule has 4 rings (SSSR count). The molecule has 0 unspecified atom stereocenters. The number of pyridine rings is 2. The van der Waals surface area contributed by atoms with Crippen LogP contribution in [-0.2, 0) is 11.0 Å². The lowest BCUT2D eigenvalue weighted by Crippen LogP contribution is -2.52. The molecule has 0 aromatic carbocycles. The van der Waals surface area contributed by atoms with Gasteiger partial charge < -0.3 is 14.7 Å². The molecule has 2 fully saturated rings. The summed E-state index contributed by atoms with van der Waals surface area (Å²) in [6.07, 6.45) is -0.663. The van der Waals surface area contributed by atoms with E-state index >= 15 is 0 Å². The van der Waals surface area contributed by atoms with Crippen molar-refractivity contribution in [3.8, 4) is 0 Å². The van der Waals surface area contributed by atoms with Crippen LogP contribution >= 0.6 is 11.6 Å². The Hall–Kier alpha value is -2.55. The first-order valence-corrected chi connectivity index (χ1v) is 10.6. The summed E-state index contributed by atoms with van der Waals surface area (Å²) in [6, 6.07) is 6.70. The van der Waals surface area contributed by atoms with E-state index in [1.807, 2.05) is 28.0 Å². The first kappa shape index (κ1) is 21.7. The molecule has 6 nitrogen and oxygen atoms in total. The van der Waals surface area contributed by atoms with Gasteiger partial charge >= 0.3 is 6.18 Å². The molecule has 0 bridgehead atoms. The number of hydrogen-bond acceptors (Lipinski definition) is 5. The maximum atomic E-state index is 13.0. The number of halogens is 4. The van der Waals surface area contributed by atoms with Gasteiger partial charge in [-0.25, -0.2) is 9.97 Å². The van der Waals surface area contributed by atoms with Crippen molar-refractivity contribution in [2.24, 2.45) is 5.92 Å². The van der Waals surface area contributed by atoms with Gasteiger partial charge in [-0.05, 0) is 31.0 Å². The van der Waals surface area contributed by atoms with Crippen LogP contribution in [0.2, 0.25) is 5.02 Å². The van der Waals surface area contributed by atoms with Gasteiger partial charge in [0.1, 0.15) is 11.6 Å². The van der Waals surface area contributed by atoms with Gasteiger partial charge in [-0.1, -0.05) is 17.7 Å². The molecule has 2 aliphatic rings. The Kier molecular flexibility index (Phi) is 6.22. The third-order valence-electron chi connectivity index (χ3n) is 5.86. The topological polar surface area (TPSA) is 52.6 Å². The molecule has 1 amide bonds. The molecule has 0 spiro atoms. The van der Waals surface area contributed by atoms with Gasteiger partial charge in [-0.3, -0.25) is 4.79 Å². The second-order valence-electron chi connectivity index (χ2n) is 7.79. The maximum Gasteiger partial charge on any atom is 0.417 e. The van der Waals surface area contributed by atoms with Gasteiger partial charge in [0, 0.05) is 57.6 Å². The van der Waals surface area contributed by atoms with Crippen LogP contribution in [0.15, 0.2) is 36.7 Å². The predicted molar refractivity (Wildman–Crippen MR) is 112 cm³/mol. The number of carbonyl (C=O) groups is 1. The molecule has 2 aromatic heterocycles. The number of carbonyl (C=O) groups excluding carboxylic acids is 1. The van der Waals surface area contributed by atoms with Crippen molar-refractivity contribution in [1.29, 1.82) is 0 Å². The Bertz CT molecular complexity index is 911. The van der Waals surface area contributed by atoms with E-state index in [4.69, 9.17) is 11.6 Å². The average molecular weight is 454 g/mol. The second-order valence-corrected chi connectivity index (χ2v) is 8.20. The summed E-state index contributed by atoms with van der Waals surface area (Å²) in [5.74, 6) is 1.31. The van der Waals surface area contributed by atoms with Crippen molar-refractivity contribution in [3.63, 3.8) is 0 Å². The normalized spacial score (nSPS) is 18.4. The summed E-state index contributed by atoms with van der Waals surface area (Å²) in [7, 11) is 0. The maximum absolute atomic E-state index is 13.0. The van der Waals surface area contributed by atoms with Crippen LogP contribution in [0, 0.1) is 5.92 Å². The minimum absolute atomic E-state index is 0.0229. The van der Waals surface area contributed by atoms with Crippen molar-refractivity contribution in [3.05, 3.63) is 47.2 Å². The molecule has 4 heterocycles. The summed E-state index contributed by atoms with van der Waals surface area (Å²) in [5.41, 5.74) is -0.865. The number of piperidine rings is 1. The van der Waals surface area contributed by atoms with Gasteiger partial charge in [-0.15, -0.1) is 0 Å². The van der Waals surface area contributed by atoms with Gasteiger partial charge in [-0.2, -0.15) is 13.2 Å². The van der Waals surface area contributed by atoms with E-state index in [1.165, 1.54) is 0 Å². The van der Waals surface area contributed by atoms with Crippen molar-refractivity contribution in [1.82, 2.24) is 14.9 Å². The number of piperazine rings is 1. The lowest BCUT2D eigenvalue weighted by Gasteiger charge is -2.39. The lowest BCUT2D eigenvalue weighted by molar-refractivity contribution is -0.138. The summed E-state index contributed by atoms with van der Waals surface area (Å²) in [4.78, 5) is 27.2. The van der Waals surface area contributed by atoms with Crippen LogP contribution in [0.3, 0.4) is 0 Å². The van der Waals surface area contributed by atoms with Gasteiger partial charge in [0.25, 0.3) is 0 Å². The van der Waals surface area contributed by atoms with Crippen molar-refractivity contribution in [2.45, 2.75) is 19.0 Å². The molecule has 0 atom stereocenters. The van der Waals surface area contributed by atoms with Crippen molar-refractivity contribution in [2.75, 3.05) is 49.1 Å². The number of aromatic nitrogens is 2. The largest absolute Gasteiger partial charge is 0.417 e. The smallest absolute Gasteiger partial charge is 0.355 e. The minimum Gasteiger partial charge on any atom is -0.355 e. The number of amides is 1. The van der Waals surface area contributed by atoms with E-state index in [0.717, 1.165) is 31.2 Å². The van der Waals surface area contributed by atoms with Gasteiger partial charge in [0.05, 0.1) is 10.6 Å². The lowest BCUT2D eigenvalue weighted by atomic mass is 9.95. The highest BCUT2D eigenvalue weighted by molar-refractivity contribution is 6.33. The second kappa shape index (κ2) is 8.90. The number of hydrogen-bond donors (Lipinski definition) is 0. The third-order valence-corrected chi connectivity index (χ3v) is 6.14. The SMILES string of the molecule is O=C(C1CCN(c2ncc(C(F)(F)F)cc2Cl)CC1)N1CCN(c2ccccn2)CC1. The van der Waals surface area contributed by atoms with E-state index < -0.39 is 11.7 Å². The Morgan fingerprint density at radius 2 is 1.71 bits per heavy atom. The van der Waals surface area contributed by atoms with E-state index in [1.54, 1.807) is 6.20 Å². The molecule has 0 aliphatic carbocycles. The summed E-state index contributed by atoms with van der Waals surface area (Å²) in [5, 5.41) is -0.0229. The highest BCUT2D eigenvalue weighted by Crippen LogP contribution is 2.35. The molecule has 10 heteroatoms. The van der Waals surface area contributed by atoms with Crippen molar-refractivity contribution < 1.29 is 18.0 Å². The molecule has 0 saturated carbocycles. The Balaban J connectivity index is 1.31. The monoisotopic (exact) mass is 453 g/mol. The van der Waals surface area contributed by atoms with Crippen molar-refractivity contribution >= 4 is 29.1 Å². The fourth-order valence-corrected chi connectivity index (χ4v) is 4.40. The van der Waals surface area contributed by atoms with E-state index in [0.29, 0.717) is 44.8 Å². The summed E-state index contributed by atoms with van der Waals surface area (Å²) < 4.78 is 38.5. The zero-order chi connectivity index (χ0) is 22.0. The van der Waals surface area contributed by atoms with Crippen LogP contribution in [0.1, 0.15) is 18.4 Å². The fraction of sp³-hybridized carbons (Fsp3) is 0.476. The van der Waals surface area contributed by atoms with Gasteiger partial charge in [0.2, 0.25) is 5.91 Å². The number of nitrogens with zero attached hydrogens (tertiary/aromatic N) is 5. The minimum atomic E-state index is -4.48. The van der Waals surface area contributed by atoms with Crippen LogP contribution in [0.5, 0.6) is 0 Å². The average Bonchev–Trinajstić information content (AvgIpc) is 2.79. The molecule has 0 radical (unpaired) electrons. The van der Waals surface area contributed by atoms with Crippen LogP contribution in [0.4, 0.5) is 24.8 Å². The molecule has 2 saturated heterocycles. The zero-order valence-corrected chi connectivity index (χ0v) is 17.6. The van der Waals surface area contributed by atoms with E-state index in [2.05, 4.69) is 14.9 Å². The van der Waals surface area contributed by atoms with Crippen LogP contribution < -0.4 is 9.80 Å². The molecule has 2 aromatic rings. The molecular formula is C21H23ClF3N5O. The number of anilines is 2. The fourth-order valence-electron chi connectivity index (χ4n) is 4.11. The predicted octanol–water partition coefficient (Wildman–Crippen LogP) is 3.71. The Morgan fingerprint density at radius 3 is 2.29 bits per heavy atom. The molecular weight excluding hydrogens is 431 g/mol. The summed E-state index contributed by atoms with van der Waals surface area (Å²) >= 11 is 6.06. The number of rotatable bonds is 3. The van der Waals surface area contributed by atoms with E-state index in [9.17, 15) is 18.0 Å². The highest BCUT2D eigenvalue weighted by Gasteiger charge is 2.34. The first-order valence-electron chi connectivity index (χ1n) is 10.3. The van der Waals surface area contributed by atoms with Gasteiger partial charge in [0.15, 0.2) is 0 Å². The summed E-state index contributed by atoms with van der Waals surface area (Å²) in [6.45, 7) is 3.86. The standard InChI is InChI=1S/C21H23ClF3N5O/c22-17-13-16(21(23,24)25)14-27-19(17)29-7-4-15(5-8-29)20(31)30-11-9-28(10-12-30)18-3-1-2-6-26-18/h1-3,6,13-15H,4-5,7-12H2. The third kappa shape index (κ3) is 4.87. The van der Waals surface area contributed by atoms with Crippen LogP contribution in [0.25, 0.3) is 0 Å². The quantitative estimate of drug-likeness (QED) is 0.709. The molecule has 2 aliphatic heterocycles. The molecule has 31 heavy (non-hydrogen) atoms. The van der Waals surface area contributed by atoms with E-state index in [-0.39, 0.29) is 16.8 Å². The Labute approximate surface area is 183 Å². The molecule has 166 valence electrons. The molecule has 0 N–H and O–H groups in total. The van der Waals surface area contributed by atoms with Crippen LogP contribution in [-0.4, -0.2) is 60.0 Å². The number of alkyl halides is 3. The first-order chi connectivity index (χ1) is 14.8. The highest BCUT2D eigenvalue weighted by atomic mass is 35.5. The zero-order valence-electron chi connectivity index (χ0n) is 16.9. The Morgan fingerprint density at radius 1 is 1.00 bits per heavy atom.